The van der Waals surface area contributed by atoms with Crippen molar-refractivity contribution in [2.24, 2.45) is 0 Å². The molecule has 1 radical (unpaired) electrons. The van der Waals surface area contributed by atoms with Crippen LogP contribution < -0.4 is 41.9 Å². The Balaban J connectivity index is -0.0000000450. The van der Waals surface area contributed by atoms with Crippen LogP contribution in [0.25, 0.3) is 0 Å². The first kappa shape index (κ1) is 23.7. The van der Waals surface area contributed by atoms with Gasteiger partial charge in [0.05, 0.1) is 32.4 Å². The Hall–Kier alpha value is 1.13. The van der Waals surface area contributed by atoms with Gasteiger partial charge < -0.3 is 41.9 Å². The normalized spacial score (nSPS) is 8.31. The zero-order valence-corrected chi connectivity index (χ0v) is 9.17. The molecule has 0 fully saturated rings. The molecule has 0 aliphatic heterocycles. The summed E-state index contributed by atoms with van der Waals surface area (Å²) in [6.07, 6.45) is 0. The zero-order valence-electron chi connectivity index (χ0n) is 5.16. The maximum atomic E-state index is 8.41. The average Bonchev–Trinajstić information content (AvgIpc) is 1.54. The van der Waals surface area contributed by atoms with Gasteiger partial charge in [0.2, 0.25) is 0 Å². The SMILES string of the molecule is [O-][Cl+2]([O-])[O-].[O-][Cl+2]([O-])[O-].[O-][Cl+2]([O-])[O-].[Ru+3]. The molecule has 0 aliphatic rings. The molecule has 0 N–H and O–H groups in total. The Morgan fingerprint density at radius 3 is 0.385 bits per heavy atom. The van der Waals surface area contributed by atoms with Crippen molar-refractivity contribution < 1.29 is 93.8 Å². The van der Waals surface area contributed by atoms with E-state index < -0.39 is 32.4 Å². The number of rotatable bonds is 0. The summed E-state index contributed by atoms with van der Waals surface area (Å²) >= 11 is 0. The van der Waals surface area contributed by atoms with Crippen LogP contribution in [-0.4, -0.2) is 0 Å². The molecule has 0 atom stereocenters. The molecule has 83 valence electrons. The second-order valence-electron chi connectivity index (χ2n) is 0.567. The molecule has 0 aliphatic carbocycles. The molecule has 0 aromatic rings. The van der Waals surface area contributed by atoms with Gasteiger partial charge in [-0.05, 0) is 0 Å². The van der Waals surface area contributed by atoms with Gasteiger partial charge in [-0.1, -0.05) is 0 Å². The fourth-order valence-corrected chi connectivity index (χ4v) is 0. The van der Waals surface area contributed by atoms with E-state index in [1.165, 1.54) is 0 Å². The van der Waals surface area contributed by atoms with E-state index in [9.17, 15) is 0 Å². The third-order valence-electron chi connectivity index (χ3n) is 0. The third kappa shape index (κ3) is 1270. The van der Waals surface area contributed by atoms with E-state index in [0.29, 0.717) is 0 Å². The molecular formula is Cl3O9Ru. The van der Waals surface area contributed by atoms with Crippen LogP contribution in [0.1, 0.15) is 0 Å². The Morgan fingerprint density at radius 2 is 0.385 bits per heavy atom. The van der Waals surface area contributed by atoms with Crippen LogP contribution in [0.5, 0.6) is 0 Å². The van der Waals surface area contributed by atoms with E-state index in [0.717, 1.165) is 0 Å². The van der Waals surface area contributed by atoms with E-state index in [-0.39, 0.29) is 19.5 Å². The Kier molecular flexibility index (Phi) is 34.4. The van der Waals surface area contributed by atoms with Gasteiger partial charge in [0, 0.05) is 0 Å². The van der Waals surface area contributed by atoms with Gasteiger partial charge in [-0.3, -0.25) is 0 Å². The third-order valence-corrected chi connectivity index (χ3v) is 0. The van der Waals surface area contributed by atoms with Gasteiger partial charge in [-0.25, -0.2) is 0 Å². The van der Waals surface area contributed by atoms with Crippen LogP contribution in [0.2, 0.25) is 0 Å². The molecule has 0 heterocycles. The monoisotopic (exact) mass is 351 g/mol. The molecule has 0 saturated carbocycles. The molecule has 0 amide bonds. The van der Waals surface area contributed by atoms with Crippen LogP contribution in [-0.2, 0) is 19.5 Å². The topological polar surface area (TPSA) is 208 Å². The summed E-state index contributed by atoms with van der Waals surface area (Å²) in [5.74, 6) is 0. The van der Waals surface area contributed by atoms with Crippen molar-refractivity contribution >= 4 is 0 Å². The Labute approximate surface area is 93.8 Å². The molecule has 0 saturated heterocycles. The smallest absolute Gasteiger partial charge is 0.357 e. The summed E-state index contributed by atoms with van der Waals surface area (Å²) in [5, 5.41) is 0. The van der Waals surface area contributed by atoms with Gasteiger partial charge >= 0.3 is 19.5 Å². The van der Waals surface area contributed by atoms with E-state index in [2.05, 4.69) is 0 Å². The predicted molar refractivity (Wildman–Crippen MR) is 0 cm³/mol. The zero-order chi connectivity index (χ0) is 10.7. The standard InChI is InChI=1S/3ClO3.Ru/c3*2-1(3)4;/q3*-1;+3. The van der Waals surface area contributed by atoms with E-state index in [1.807, 2.05) is 0 Å². The summed E-state index contributed by atoms with van der Waals surface area (Å²) in [6, 6.07) is 0. The van der Waals surface area contributed by atoms with Crippen molar-refractivity contribution in [2.45, 2.75) is 0 Å². The van der Waals surface area contributed by atoms with Crippen molar-refractivity contribution in [3.8, 4) is 0 Å². The molecule has 0 unspecified atom stereocenters. The van der Waals surface area contributed by atoms with Gasteiger partial charge in [-0.15, -0.1) is 0 Å². The second-order valence-corrected chi connectivity index (χ2v) is 1.70. The average molecular weight is 351 g/mol. The minimum atomic E-state index is -2.85. The minimum absolute atomic E-state index is 0. The van der Waals surface area contributed by atoms with Crippen molar-refractivity contribution in [1.29, 1.82) is 0 Å². The summed E-state index contributed by atoms with van der Waals surface area (Å²) in [6.45, 7) is 0. The van der Waals surface area contributed by atoms with Gasteiger partial charge in [0.15, 0.2) is 0 Å². The van der Waals surface area contributed by atoms with E-state index >= 15 is 0 Å². The molecule has 0 aromatic heterocycles. The van der Waals surface area contributed by atoms with Crippen LogP contribution >= 0.6 is 0 Å². The van der Waals surface area contributed by atoms with Crippen molar-refractivity contribution in [3.63, 3.8) is 0 Å². The summed E-state index contributed by atoms with van der Waals surface area (Å²) in [4.78, 5) is 0. The predicted octanol–water partition coefficient (Wildman–Crippen LogP) is -10.7. The largest absolute Gasteiger partial charge is 3.00 e. The molecule has 0 rings (SSSR count). The minimum Gasteiger partial charge on any atom is -0.357 e. The van der Waals surface area contributed by atoms with Gasteiger partial charge in [-0.2, -0.15) is 0 Å². The van der Waals surface area contributed by atoms with Crippen molar-refractivity contribution in [2.75, 3.05) is 0 Å². The molecular weight excluding hydrogens is 351 g/mol. The fraction of sp³-hybridized carbons (Fsp3) is 0. The molecule has 13 heteroatoms. The van der Waals surface area contributed by atoms with E-state index in [1.54, 1.807) is 0 Å². The number of halogens is 3. The number of hydrogen-bond donors (Lipinski definition) is 0. The molecule has 9 nitrogen and oxygen atoms in total. The quantitative estimate of drug-likeness (QED) is 0.379. The maximum Gasteiger partial charge on any atom is 3.00 e. The van der Waals surface area contributed by atoms with Gasteiger partial charge in [0.25, 0.3) is 0 Å². The van der Waals surface area contributed by atoms with Crippen LogP contribution in [0.4, 0.5) is 0 Å². The van der Waals surface area contributed by atoms with Crippen LogP contribution in [0, 0.1) is 32.4 Å². The summed E-state index contributed by atoms with van der Waals surface area (Å²) in [7, 11) is -8.56. The Bertz CT molecular complexity index is 43.4. The maximum absolute atomic E-state index is 8.41. The van der Waals surface area contributed by atoms with Crippen molar-refractivity contribution in [1.82, 2.24) is 0 Å². The first-order valence-electron chi connectivity index (χ1n) is 1.39. The van der Waals surface area contributed by atoms with E-state index in [4.69, 9.17) is 41.9 Å². The first-order valence-corrected chi connectivity index (χ1v) is 4.17. The van der Waals surface area contributed by atoms with Crippen LogP contribution in [0.15, 0.2) is 0 Å². The molecule has 13 heavy (non-hydrogen) atoms. The van der Waals surface area contributed by atoms with Crippen LogP contribution in [0.3, 0.4) is 0 Å². The number of hydrogen-bond acceptors (Lipinski definition) is 9. The summed E-state index contributed by atoms with van der Waals surface area (Å²) in [5.41, 5.74) is 0. The van der Waals surface area contributed by atoms with Crippen molar-refractivity contribution in [3.05, 3.63) is 0 Å². The first-order chi connectivity index (χ1) is 5.20. The fourth-order valence-electron chi connectivity index (χ4n) is 0. The molecule has 0 bridgehead atoms. The Morgan fingerprint density at radius 1 is 0.385 bits per heavy atom. The second kappa shape index (κ2) is 18.8. The molecule has 0 spiro atoms. The molecule has 0 aromatic carbocycles. The summed E-state index contributed by atoms with van der Waals surface area (Å²) < 4.78 is 75.7. The van der Waals surface area contributed by atoms with Gasteiger partial charge in [0.1, 0.15) is 0 Å².